The van der Waals surface area contributed by atoms with Gasteiger partial charge in [0.2, 0.25) is 0 Å². The molecule has 22 heavy (non-hydrogen) atoms. The molecule has 0 radical (unpaired) electrons. The summed E-state index contributed by atoms with van der Waals surface area (Å²) in [6.45, 7) is 4.25. The fraction of sp³-hybridized carbons (Fsp3) is 0.750. The standard InChI is InChI=1S/C16H26N4O2/c21-16(18-8-2-10-22-12-13-4-5-13)15-6-9-20(19-15)14-3-1-7-17-11-14/h6,9,13-14,17H,1-5,7-8,10-12H2,(H,18,21). The summed E-state index contributed by atoms with van der Waals surface area (Å²) in [4.78, 5) is 12.0. The molecule has 1 amide bonds. The van der Waals surface area contributed by atoms with Crippen molar-refractivity contribution < 1.29 is 9.53 Å². The monoisotopic (exact) mass is 306 g/mol. The molecule has 2 aliphatic rings. The third-order valence-electron chi connectivity index (χ3n) is 4.29. The van der Waals surface area contributed by atoms with Gasteiger partial charge in [-0.05, 0) is 50.6 Å². The lowest BCUT2D eigenvalue weighted by Gasteiger charge is -2.22. The van der Waals surface area contributed by atoms with Crippen molar-refractivity contribution in [1.82, 2.24) is 20.4 Å². The van der Waals surface area contributed by atoms with Gasteiger partial charge in [-0.15, -0.1) is 0 Å². The zero-order valence-corrected chi connectivity index (χ0v) is 13.1. The summed E-state index contributed by atoms with van der Waals surface area (Å²) in [7, 11) is 0. The number of hydrogen-bond acceptors (Lipinski definition) is 4. The summed E-state index contributed by atoms with van der Waals surface area (Å²) < 4.78 is 7.47. The van der Waals surface area contributed by atoms with Crippen LogP contribution in [0.2, 0.25) is 0 Å². The predicted molar refractivity (Wildman–Crippen MR) is 83.9 cm³/mol. The van der Waals surface area contributed by atoms with Crippen molar-refractivity contribution in [3.05, 3.63) is 18.0 Å². The van der Waals surface area contributed by atoms with Crippen molar-refractivity contribution >= 4 is 5.91 Å². The van der Waals surface area contributed by atoms with Crippen LogP contribution in [0.15, 0.2) is 12.3 Å². The van der Waals surface area contributed by atoms with Crippen molar-refractivity contribution in [1.29, 1.82) is 0 Å². The summed E-state index contributed by atoms with van der Waals surface area (Å²) >= 11 is 0. The Morgan fingerprint density at radius 1 is 1.45 bits per heavy atom. The molecule has 1 aromatic rings. The predicted octanol–water partition coefficient (Wildman–Crippen LogP) is 1.35. The molecule has 1 aromatic heterocycles. The fourth-order valence-corrected chi connectivity index (χ4v) is 2.72. The first-order valence-corrected chi connectivity index (χ1v) is 8.45. The smallest absolute Gasteiger partial charge is 0.271 e. The van der Waals surface area contributed by atoms with Gasteiger partial charge < -0.3 is 15.4 Å². The molecular formula is C16H26N4O2. The van der Waals surface area contributed by atoms with Gasteiger partial charge >= 0.3 is 0 Å². The Labute approximate surface area is 131 Å². The van der Waals surface area contributed by atoms with Crippen LogP contribution in [0.3, 0.4) is 0 Å². The lowest BCUT2D eigenvalue weighted by Crippen LogP contribution is -2.32. The number of ether oxygens (including phenoxy) is 1. The third-order valence-corrected chi connectivity index (χ3v) is 4.29. The number of nitrogens with one attached hydrogen (secondary N) is 2. The maximum atomic E-state index is 12.0. The van der Waals surface area contributed by atoms with E-state index >= 15 is 0 Å². The van der Waals surface area contributed by atoms with Crippen LogP contribution in [0.1, 0.15) is 48.6 Å². The quantitative estimate of drug-likeness (QED) is 0.712. The first-order valence-electron chi connectivity index (χ1n) is 8.45. The molecule has 0 bridgehead atoms. The number of rotatable bonds is 8. The lowest BCUT2D eigenvalue weighted by molar-refractivity contribution is 0.0931. The molecular weight excluding hydrogens is 280 g/mol. The number of nitrogens with zero attached hydrogens (tertiary/aromatic N) is 2. The first-order chi connectivity index (χ1) is 10.8. The number of amides is 1. The molecule has 2 fully saturated rings. The van der Waals surface area contributed by atoms with E-state index in [1.165, 1.54) is 12.8 Å². The fourth-order valence-electron chi connectivity index (χ4n) is 2.72. The van der Waals surface area contributed by atoms with Gasteiger partial charge in [0, 0.05) is 32.5 Å². The van der Waals surface area contributed by atoms with Gasteiger partial charge in [0.15, 0.2) is 0 Å². The minimum atomic E-state index is -0.0929. The van der Waals surface area contributed by atoms with E-state index in [1.54, 1.807) is 6.07 Å². The Bertz CT molecular complexity index is 478. The van der Waals surface area contributed by atoms with Crippen molar-refractivity contribution in [2.45, 2.75) is 38.1 Å². The minimum absolute atomic E-state index is 0.0929. The van der Waals surface area contributed by atoms with Crippen LogP contribution < -0.4 is 10.6 Å². The minimum Gasteiger partial charge on any atom is -0.381 e. The van der Waals surface area contributed by atoms with Crippen LogP contribution in [-0.4, -0.2) is 48.5 Å². The Morgan fingerprint density at radius 3 is 3.14 bits per heavy atom. The highest BCUT2D eigenvalue weighted by Crippen LogP contribution is 2.28. The topological polar surface area (TPSA) is 68.2 Å². The second kappa shape index (κ2) is 7.74. The largest absolute Gasteiger partial charge is 0.381 e. The molecule has 0 spiro atoms. The summed E-state index contributed by atoms with van der Waals surface area (Å²) in [6, 6.07) is 2.17. The molecule has 3 rings (SSSR count). The summed E-state index contributed by atoms with van der Waals surface area (Å²) in [5.41, 5.74) is 0.504. The van der Waals surface area contributed by atoms with Crippen LogP contribution >= 0.6 is 0 Å². The van der Waals surface area contributed by atoms with E-state index in [9.17, 15) is 4.79 Å². The average molecular weight is 306 g/mol. The molecule has 122 valence electrons. The Morgan fingerprint density at radius 2 is 2.36 bits per heavy atom. The van der Waals surface area contributed by atoms with Crippen LogP contribution in [0.4, 0.5) is 0 Å². The highest BCUT2D eigenvalue weighted by Gasteiger charge is 2.21. The second-order valence-electron chi connectivity index (χ2n) is 6.31. The Hall–Kier alpha value is -1.40. The van der Waals surface area contributed by atoms with Crippen molar-refractivity contribution in [3.8, 4) is 0 Å². The number of carbonyl (C=O) groups excluding carboxylic acids is 1. The zero-order valence-electron chi connectivity index (χ0n) is 13.1. The zero-order chi connectivity index (χ0) is 15.2. The van der Waals surface area contributed by atoms with Crippen molar-refractivity contribution in [2.24, 2.45) is 5.92 Å². The number of hydrogen-bond donors (Lipinski definition) is 2. The number of carbonyl (C=O) groups is 1. The molecule has 1 unspecified atom stereocenters. The van der Waals surface area contributed by atoms with E-state index in [-0.39, 0.29) is 5.91 Å². The van der Waals surface area contributed by atoms with Crippen LogP contribution in [0.5, 0.6) is 0 Å². The molecule has 2 heterocycles. The summed E-state index contributed by atoms with van der Waals surface area (Å²) in [5.74, 6) is 0.706. The van der Waals surface area contributed by atoms with Gasteiger partial charge in [-0.3, -0.25) is 9.48 Å². The van der Waals surface area contributed by atoms with Gasteiger partial charge in [-0.2, -0.15) is 5.10 Å². The van der Waals surface area contributed by atoms with Crippen LogP contribution in [-0.2, 0) is 4.74 Å². The van der Waals surface area contributed by atoms with Crippen LogP contribution in [0, 0.1) is 5.92 Å². The average Bonchev–Trinajstić information content (AvgIpc) is 3.24. The number of aromatic nitrogens is 2. The van der Waals surface area contributed by atoms with E-state index in [0.29, 0.717) is 18.3 Å². The van der Waals surface area contributed by atoms with Gasteiger partial charge in [0.25, 0.3) is 5.91 Å². The number of piperidine rings is 1. The maximum absolute atomic E-state index is 12.0. The normalized spacial score (nSPS) is 21.7. The highest BCUT2D eigenvalue weighted by atomic mass is 16.5. The molecule has 1 atom stereocenters. The molecule has 0 aromatic carbocycles. The highest BCUT2D eigenvalue weighted by molar-refractivity contribution is 5.92. The van der Waals surface area contributed by atoms with Crippen LogP contribution in [0.25, 0.3) is 0 Å². The van der Waals surface area contributed by atoms with E-state index < -0.39 is 0 Å². The molecule has 1 saturated carbocycles. The molecule has 6 nitrogen and oxygen atoms in total. The molecule has 2 N–H and O–H groups in total. The molecule has 1 aliphatic carbocycles. The Balaban J connectivity index is 1.35. The van der Waals surface area contributed by atoms with E-state index in [4.69, 9.17) is 4.74 Å². The Kier molecular flexibility index (Phi) is 5.45. The summed E-state index contributed by atoms with van der Waals surface area (Å²) in [6.07, 6.45) is 7.67. The molecule has 6 heteroatoms. The van der Waals surface area contributed by atoms with Gasteiger partial charge in [-0.25, -0.2) is 0 Å². The van der Waals surface area contributed by atoms with E-state index in [2.05, 4.69) is 15.7 Å². The van der Waals surface area contributed by atoms with Gasteiger partial charge in [-0.1, -0.05) is 0 Å². The SMILES string of the molecule is O=C(NCCCOCC1CC1)c1ccn(C2CCCNC2)n1. The van der Waals surface area contributed by atoms with Gasteiger partial charge in [0.1, 0.15) is 5.69 Å². The van der Waals surface area contributed by atoms with E-state index in [0.717, 1.165) is 51.5 Å². The molecule has 1 aliphatic heterocycles. The summed E-state index contributed by atoms with van der Waals surface area (Å²) in [5, 5.41) is 10.7. The van der Waals surface area contributed by atoms with Crippen molar-refractivity contribution in [2.75, 3.05) is 32.8 Å². The molecule has 1 saturated heterocycles. The third kappa shape index (κ3) is 4.55. The van der Waals surface area contributed by atoms with Gasteiger partial charge in [0.05, 0.1) is 6.04 Å². The van der Waals surface area contributed by atoms with E-state index in [1.807, 2.05) is 10.9 Å². The lowest BCUT2D eigenvalue weighted by atomic mass is 10.1. The van der Waals surface area contributed by atoms with Crippen molar-refractivity contribution in [3.63, 3.8) is 0 Å². The second-order valence-corrected chi connectivity index (χ2v) is 6.31. The first kappa shape index (κ1) is 15.5. The maximum Gasteiger partial charge on any atom is 0.271 e.